The summed E-state index contributed by atoms with van der Waals surface area (Å²) in [5, 5.41) is 15.4. The molecule has 0 amide bonds. The fourth-order valence-corrected chi connectivity index (χ4v) is 2.22. The number of thiazole rings is 1. The van der Waals surface area contributed by atoms with Gasteiger partial charge in [0.15, 0.2) is 0 Å². The quantitative estimate of drug-likeness (QED) is 0.701. The van der Waals surface area contributed by atoms with Crippen molar-refractivity contribution in [3.8, 4) is 0 Å². The highest BCUT2D eigenvalue weighted by molar-refractivity contribution is 7.09. The van der Waals surface area contributed by atoms with Gasteiger partial charge >= 0.3 is 0 Å². The number of aromatic nitrogens is 1. The van der Waals surface area contributed by atoms with Gasteiger partial charge in [0, 0.05) is 43.7 Å². The van der Waals surface area contributed by atoms with Crippen molar-refractivity contribution in [1.29, 1.82) is 0 Å². The smallest absolute Gasteiger partial charge is 0.0937 e. The molecule has 0 aliphatic rings. The topological polar surface area (TPSA) is 48.4 Å². The lowest BCUT2D eigenvalue weighted by atomic mass is 10.3. The summed E-state index contributed by atoms with van der Waals surface area (Å²) < 4.78 is 0. The Hall–Kier alpha value is -0.490. The van der Waals surface area contributed by atoms with E-state index in [0.29, 0.717) is 6.04 Å². The highest BCUT2D eigenvalue weighted by atomic mass is 32.1. The first-order chi connectivity index (χ1) is 7.72. The van der Waals surface area contributed by atoms with E-state index in [0.717, 1.165) is 26.1 Å². The van der Waals surface area contributed by atoms with Crippen molar-refractivity contribution in [2.45, 2.75) is 19.4 Å². The minimum absolute atomic E-state index is 0.225. The Morgan fingerprint density at radius 1 is 1.62 bits per heavy atom. The maximum absolute atomic E-state index is 8.78. The molecule has 0 aromatic carbocycles. The van der Waals surface area contributed by atoms with Crippen molar-refractivity contribution < 1.29 is 5.11 Å². The first-order valence-electron chi connectivity index (χ1n) is 5.63. The van der Waals surface area contributed by atoms with Crippen molar-refractivity contribution in [2.75, 3.05) is 33.3 Å². The molecule has 1 unspecified atom stereocenters. The standard InChI is InChI=1S/C11H21N3OS/c1-10(9-14(2)6-7-15)12-4-3-11-13-5-8-16-11/h5,8,10,12,15H,3-4,6-7,9H2,1-2H3. The minimum Gasteiger partial charge on any atom is -0.395 e. The molecule has 0 aliphatic heterocycles. The molecule has 1 rings (SSSR count). The molecule has 1 aromatic heterocycles. The van der Waals surface area contributed by atoms with Gasteiger partial charge in [0.2, 0.25) is 0 Å². The van der Waals surface area contributed by atoms with Crippen LogP contribution in [0.15, 0.2) is 11.6 Å². The maximum atomic E-state index is 8.78. The van der Waals surface area contributed by atoms with E-state index in [1.54, 1.807) is 11.3 Å². The van der Waals surface area contributed by atoms with Crippen LogP contribution in [0.5, 0.6) is 0 Å². The number of aliphatic hydroxyl groups is 1. The lowest BCUT2D eigenvalue weighted by Gasteiger charge is -2.21. The predicted molar refractivity (Wildman–Crippen MR) is 67.9 cm³/mol. The second-order valence-electron chi connectivity index (χ2n) is 4.02. The zero-order valence-corrected chi connectivity index (χ0v) is 10.8. The van der Waals surface area contributed by atoms with E-state index >= 15 is 0 Å². The Balaban J connectivity index is 2.08. The lowest BCUT2D eigenvalue weighted by molar-refractivity contribution is 0.211. The van der Waals surface area contributed by atoms with Crippen LogP contribution in [0, 0.1) is 0 Å². The minimum atomic E-state index is 0.225. The Bertz CT molecular complexity index is 266. The molecule has 4 nitrogen and oxygen atoms in total. The van der Waals surface area contributed by atoms with Crippen LogP contribution in [0.2, 0.25) is 0 Å². The average Bonchev–Trinajstić information content (AvgIpc) is 2.70. The zero-order valence-electron chi connectivity index (χ0n) is 10.0. The van der Waals surface area contributed by atoms with E-state index in [9.17, 15) is 0 Å². The Morgan fingerprint density at radius 3 is 3.06 bits per heavy atom. The maximum Gasteiger partial charge on any atom is 0.0937 e. The molecule has 2 N–H and O–H groups in total. The SMILES string of the molecule is CC(CN(C)CCO)NCCc1nccs1. The van der Waals surface area contributed by atoms with Gasteiger partial charge in [-0.3, -0.25) is 0 Å². The van der Waals surface area contributed by atoms with Crippen LogP contribution in [-0.4, -0.2) is 54.3 Å². The van der Waals surface area contributed by atoms with E-state index in [4.69, 9.17) is 5.11 Å². The summed E-state index contributed by atoms with van der Waals surface area (Å²) in [7, 11) is 2.02. The molecule has 0 spiro atoms. The highest BCUT2D eigenvalue weighted by Crippen LogP contribution is 2.03. The normalized spacial score (nSPS) is 13.2. The third-order valence-electron chi connectivity index (χ3n) is 2.38. The van der Waals surface area contributed by atoms with E-state index in [1.165, 1.54) is 5.01 Å². The highest BCUT2D eigenvalue weighted by Gasteiger charge is 2.05. The summed E-state index contributed by atoms with van der Waals surface area (Å²) in [6.45, 7) is 5.04. The van der Waals surface area contributed by atoms with E-state index in [2.05, 4.69) is 22.1 Å². The number of rotatable bonds is 8. The monoisotopic (exact) mass is 243 g/mol. The molecule has 1 atom stereocenters. The van der Waals surface area contributed by atoms with Crippen LogP contribution in [0.3, 0.4) is 0 Å². The molecule has 0 saturated heterocycles. The first-order valence-corrected chi connectivity index (χ1v) is 6.51. The van der Waals surface area contributed by atoms with Crippen LogP contribution in [0.1, 0.15) is 11.9 Å². The van der Waals surface area contributed by atoms with Crippen LogP contribution in [0.25, 0.3) is 0 Å². The summed E-state index contributed by atoms with van der Waals surface area (Å²) in [4.78, 5) is 6.36. The van der Waals surface area contributed by atoms with Crippen molar-refractivity contribution in [3.05, 3.63) is 16.6 Å². The van der Waals surface area contributed by atoms with Gasteiger partial charge in [-0.2, -0.15) is 0 Å². The Morgan fingerprint density at radius 2 is 2.44 bits per heavy atom. The third-order valence-corrected chi connectivity index (χ3v) is 3.22. The van der Waals surface area contributed by atoms with Gasteiger partial charge < -0.3 is 15.3 Å². The summed E-state index contributed by atoms with van der Waals surface area (Å²) in [5.41, 5.74) is 0. The summed E-state index contributed by atoms with van der Waals surface area (Å²) >= 11 is 1.70. The van der Waals surface area contributed by atoms with Crippen LogP contribution in [0.4, 0.5) is 0 Å². The van der Waals surface area contributed by atoms with E-state index in [1.807, 2.05) is 18.6 Å². The average molecular weight is 243 g/mol. The molecule has 1 heterocycles. The van der Waals surface area contributed by atoms with Crippen LogP contribution >= 0.6 is 11.3 Å². The fourth-order valence-electron chi connectivity index (χ4n) is 1.60. The molecular formula is C11H21N3OS. The number of hydrogen-bond acceptors (Lipinski definition) is 5. The van der Waals surface area contributed by atoms with Gasteiger partial charge in [0.05, 0.1) is 11.6 Å². The third kappa shape index (κ3) is 5.55. The molecule has 0 bridgehead atoms. The van der Waals surface area contributed by atoms with Crippen molar-refractivity contribution in [3.63, 3.8) is 0 Å². The zero-order chi connectivity index (χ0) is 11.8. The van der Waals surface area contributed by atoms with Crippen molar-refractivity contribution in [2.24, 2.45) is 0 Å². The first kappa shape index (κ1) is 13.6. The summed E-state index contributed by atoms with van der Waals surface area (Å²) in [5.74, 6) is 0. The lowest BCUT2D eigenvalue weighted by Crippen LogP contribution is -2.39. The number of aliphatic hydroxyl groups excluding tert-OH is 1. The summed E-state index contributed by atoms with van der Waals surface area (Å²) in [6.07, 6.45) is 2.84. The number of nitrogens with zero attached hydrogens (tertiary/aromatic N) is 2. The predicted octanol–water partition coefficient (Wildman–Crippen LogP) is 0.588. The Kier molecular flexibility index (Phi) is 6.56. The van der Waals surface area contributed by atoms with E-state index < -0.39 is 0 Å². The molecule has 0 radical (unpaired) electrons. The second kappa shape index (κ2) is 7.73. The van der Waals surface area contributed by atoms with Crippen LogP contribution in [-0.2, 0) is 6.42 Å². The van der Waals surface area contributed by atoms with Gasteiger partial charge in [0.25, 0.3) is 0 Å². The number of hydrogen-bond donors (Lipinski definition) is 2. The Labute approximate surface area is 101 Å². The van der Waals surface area contributed by atoms with Gasteiger partial charge in [0.1, 0.15) is 0 Å². The van der Waals surface area contributed by atoms with Gasteiger partial charge in [-0.25, -0.2) is 4.98 Å². The molecule has 0 fully saturated rings. The number of nitrogens with one attached hydrogen (secondary N) is 1. The number of likely N-dealkylation sites (N-methyl/N-ethyl adjacent to an activating group) is 1. The largest absolute Gasteiger partial charge is 0.395 e. The van der Waals surface area contributed by atoms with Crippen molar-refractivity contribution >= 4 is 11.3 Å². The second-order valence-corrected chi connectivity index (χ2v) is 5.00. The molecular weight excluding hydrogens is 222 g/mol. The summed E-state index contributed by atoms with van der Waals surface area (Å²) in [6, 6.07) is 0.441. The van der Waals surface area contributed by atoms with Crippen molar-refractivity contribution in [1.82, 2.24) is 15.2 Å². The molecule has 1 aromatic rings. The van der Waals surface area contributed by atoms with Gasteiger partial charge in [-0.15, -0.1) is 11.3 Å². The molecule has 0 saturated carbocycles. The fraction of sp³-hybridized carbons (Fsp3) is 0.727. The molecule has 92 valence electrons. The molecule has 0 aliphatic carbocycles. The van der Waals surface area contributed by atoms with Gasteiger partial charge in [-0.05, 0) is 14.0 Å². The van der Waals surface area contributed by atoms with Crippen LogP contribution < -0.4 is 5.32 Å². The van der Waals surface area contributed by atoms with Gasteiger partial charge in [-0.1, -0.05) is 0 Å². The van der Waals surface area contributed by atoms with E-state index in [-0.39, 0.29) is 6.61 Å². The molecule has 5 heteroatoms. The molecule has 16 heavy (non-hydrogen) atoms.